The van der Waals surface area contributed by atoms with E-state index in [1.54, 1.807) is 0 Å². The normalized spacial score (nSPS) is 12.5. The highest BCUT2D eigenvalue weighted by atomic mass is 16.5. The number of carbonyl (C=O) groups is 1. The second-order valence-corrected chi connectivity index (χ2v) is 4.93. The molecule has 1 aromatic rings. The van der Waals surface area contributed by atoms with E-state index < -0.39 is 0 Å². The summed E-state index contributed by atoms with van der Waals surface area (Å²) in [5.41, 5.74) is 1.86. The van der Waals surface area contributed by atoms with Gasteiger partial charge in [0.2, 0.25) is 0 Å². The van der Waals surface area contributed by atoms with Gasteiger partial charge in [0.05, 0.1) is 6.61 Å². The molecule has 0 aliphatic rings. The highest BCUT2D eigenvalue weighted by Gasteiger charge is 2.11. The van der Waals surface area contributed by atoms with Gasteiger partial charge < -0.3 is 4.74 Å². The zero-order valence-corrected chi connectivity index (χ0v) is 11.2. The summed E-state index contributed by atoms with van der Waals surface area (Å²) >= 11 is 0. The van der Waals surface area contributed by atoms with Crippen LogP contribution in [0.15, 0.2) is 18.2 Å². The summed E-state index contributed by atoms with van der Waals surface area (Å²) in [5, 5.41) is 0. The molecular weight excluding hydrogens is 212 g/mol. The van der Waals surface area contributed by atoms with Gasteiger partial charge in [-0.1, -0.05) is 27.7 Å². The topological polar surface area (TPSA) is 26.3 Å². The van der Waals surface area contributed by atoms with Gasteiger partial charge in [0, 0.05) is 5.56 Å². The number of hydrogen-bond acceptors (Lipinski definition) is 2. The van der Waals surface area contributed by atoms with Gasteiger partial charge in [-0.2, -0.15) is 0 Å². The fourth-order valence-electron chi connectivity index (χ4n) is 1.63. The Morgan fingerprint density at radius 2 is 2.00 bits per heavy atom. The maximum absolute atomic E-state index is 10.8. The molecule has 0 fully saturated rings. The lowest BCUT2D eigenvalue weighted by atomic mass is 9.96. The zero-order chi connectivity index (χ0) is 12.8. The summed E-state index contributed by atoms with van der Waals surface area (Å²) in [4.78, 5) is 10.8. The van der Waals surface area contributed by atoms with Gasteiger partial charge in [0.25, 0.3) is 0 Å². The van der Waals surface area contributed by atoms with Crippen LogP contribution in [0.4, 0.5) is 0 Å². The van der Waals surface area contributed by atoms with Crippen LogP contribution in [-0.2, 0) is 0 Å². The summed E-state index contributed by atoms with van der Waals surface area (Å²) in [5.74, 6) is 1.83. The molecule has 0 aliphatic heterocycles. The van der Waals surface area contributed by atoms with Crippen molar-refractivity contribution in [3.05, 3.63) is 29.3 Å². The summed E-state index contributed by atoms with van der Waals surface area (Å²) in [6.45, 7) is 9.27. The molecule has 0 N–H and O–H groups in total. The van der Waals surface area contributed by atoms with Crippen molar-refractivity contribution in [3.63, 3.8) is 0 Å². The molecule has 0 bridgehead atoms. The molecule has 0 radical (unpaired) electrons. The number of hydrogen-bond donors (Lipinski definition) is 0. The third kappa shape index (κ3) is 3.88. The first-order valence-electron chi connectivity index (χ1n) is 6.30. The van der Waals surface area contributed by atoms with Crippen LogP contribution in [0.1, 0.15) is 56.0 Å². The van der Waals surface area contributed by atoms with Crippen molar-refractivity contribution in [1.82, 2.24) is 0 Å². The Bertz CT molecular complexity index is 369. The SMILES string of the molecule is CCC(C)c1cc(C=O)ccc1OCC(C)C. The molecule has 0 spiro atoms. The summed E-state index contributed by atoms with van der Waals surface area (Å²) < 4.78 is 5.81. The van der Waals surface area contributed by atoms with Crippen LogP contribution in [0.25, 0.3) is 0 Å². The lowest BCUT2D eigenvalue weighted by Gasteiger charge is -2.17. The Hall–Kier alpha value is -1.31. The average molecular weight is 234 g/mol. The molecule has 0 aromatic heterocycles. The number of carbonyl (C=O) groups excluding carboxylic acids is 1. The highest BCUT2D eigenvalue weighted by molar-refractivity contribution is 5.75. The van der Waals surface area contributed by atoms with Crippen LogP contribution in [0.5, 0.6) is 5.75 Å². The molecule has 0 amide bonds. The first-order chi connectivity index (χ1) is 8.08. The first kappa shape index (κ1) is 13.8. The number of aldehydes is 1. The van der Waals surface area contributed by atoms with E-state index in [0.717, 1.165) is 29.6 Å². The molecule has 94 valence electrons. The molecule has 0 heterocycles. The molecule has 2 heteroatoms. The highest BCUT2D eigenvalue weighted by Crippen LogP contribution is 2.29. The van der Waals surface area contributed by atoms with E-state index in [1.807, 2.05) is 18.2 Å². The minimum absolute atomic E-state index is 0.414. The molecule has 0 saturated heterocycles. The summed E-state index contributed by atoms with van der Waals surface area (Å²) in [7, 11) is 0. The predicted octanol–water partition coefficient (Wildman–Crippen LogP) is 4.05. The van der Waals surface area contributed by atoms with Crippen molar-refractivity contribution in [2.45, 2.75) is 40.0 Å². The molecular formula is C15H22O2. The van der Waals surface area contributed by atoms with E-state index in [1.165, 1.54) is 0 Å². The molecule has 0 saturated carbocycles. The minimum atomic E-state index is 0.414. The molecule has 1 aromatic carbocycles. The van der Waals surface area contributed by atoms with E-state index in [0.29, 0.717) is 18.4 Å². The van der Waals surface area contributed by atoms with Crippen LogP contribution in [0, 0.1) is 5.92 Å². The number of benzene rings is 1. The second kappa shape index (κ2) is 6.43. The van der Waals surface area contributed by atoms with Gasteiger partial charge in [0.1, 0.15) is 12.0 Å². The Morgan fingerprint density at radius 1 is 1.29 bits per heavy atom. The van der Waals surface area contributed by atoms with Gasteiger partial charge >= 0.3 is 0 Å². The average Bonchev–Trinajstić information content (AvgIpc) is 2.35. The Labute approximate surface area is 104 Å². The predicted molar refractivity (Wildman–Crippen MR) is 70.9 cm³/mol. The summed E-state index contributed by atoms with van der Waals surface area (Å²) in [6.07, 6.45) is 1.93. The Morgan fingerprint density at radius 3 is 2.53 bits per heavy atom. The van der Waals surface area contributed by atoms with Crippen molar-refractivity contribution in [3.8, 4) is 5.75 Å². The van der Waals surface area contributed by atoms with Crippen molar-refractivity contribution in [2.24, 2.45) is 5.92 Å². The van der Waals surface area contributed by atoms with E-state index in [9.17, 15) is 4.79 Å². The fourth-order valence-corrected chi connectivity index (χ4v) is 1.63. The quantitative estimate of drug-likeness (QED) is 0.694. The minimum Gasteiger partial charge on any atom is -0.493 e. The molecule has 1 rings (SSSR count). The van der Waals surface area contributed by atoms with Gasteiger partial charge in [-0.15, -0.1) is 0 Å². The molecule has 17 heavy (non-hydrogen) atoms. The largest absolute Gasteiger partial charge is 0.493 e. The third-order valence-corrected chi connectivity index (χ3v) is 2.89. The lowest BCUT2D eigenvalue weighted by Crippen LogP contribution is -2.07. The molecule has 1 unspecified atom stereocenters. The Kier molecular flexibility index (Phi) is 5.20. The van der Waals surface area contributed by atoms with Gasteiger partial charge in [-0.3, -0.25) is 4.79 Å². The van der Waals surface area contributed by atoms with E-state index >= 15 is 0 Å². The lowest BCUT2D eigenvalue weighted by molar-refractivity contribution is 0.112. The maximum atomic E-state index is 10.8. The molecule has 1 atom stereocenters. The van der Waals surface area contributed by atoms with Crippen LogP contribution in [0.2, 0.25) is 0 Å². The van der Waals surface area contributed by atoms with Crippen molar-refractivity contribution in [2.75, 3.05) is 6.61 Å². The fraction of sp³-hybridized carbons (Fsp3) is 0.533. The van der Waals surface area contributed by atoms with Crippen molar-refractivity contribution < 1.29 is 9.53 Å². The van der Waals surface area contributed by atoms with Crippen LogP contribution < -0.4 is 4.74 Å². The van der Waals surface area contributed by atoms with Crippen LogP contribution >= 0.6 is 0 Å². The third-order valence-electron chi connectivity index (χ3n) is 2.89. The smallest absolute Gasteiger partial charge is 0.150 e. The summed E-state index contributed by atoms with van der Waals surface area (Å²) in [6, 6.07) is 5.67. The van der Waals surface area contributed by atoms with E-state index in [4.69, 9.17) is 4.74 Å². The molecule has 2 nitrogen and oxygen atoms in total. The number of ether oxygens (including phenoxy) is 1. The second-order valence-electron chi connectivity index (χ2n) is 4.93. The first-order valence-corrected chi connectivity index (χ1v) is 6.30. The monoisotopic (exact) mass is 234 g/mol. The zero-order valence-electron chi connectivity index (χ0n) is 11.2. The van der Waals surface area contributed by atoms with Gasteiger partial charge in [-0.05, 0) is 42.0 Å². The van der Waals surface area contributed by atoms with Crippen molar-refractivity contribution in [1.29, 1.82) is 0 Å². The molecule has 0 aliphatic carbocycles. The standard InChI is InChI=1S/C15H22O2/c1-5-12(4)14-8-13(9-16)6-7-15(14)17-10-11(2)3/h6-9,11-12H,5,10H2,1-4H3. The van der Waals surface area contributed by atoms with Crippen LogP contribution in [-0.4, -0.2) is 12.9 Å². The van der Waals surface area contributed by atoms with Crippen LogP contribution in [0.3, 0.4) is 0 Å². The number of rotatable bonds is 6. The van der Waals surface area contributed by atoms with Gasteiger partial charge in [0.15, 0.2) is 0 Å². The maximum Gasteiger partial charge on any atom is 0.150 e. The van der Waals surface area contributed by atoms with Crippen molar-refractivity contribution >= 4 is 6.29 Å². The van der Waals surface area contributed by atoms with Gasteiger partial charge in [-0.25, -0.2) is 0 Å². The van der Waals surface area contributed by atoms with E-state index in [-0.39, 0.29) is 0 Å². The van der Waals surface area contributed by atoms with E-state index in [2.05, 4.69) is 27.7 Å². The Balaban J connectivity index is 2.97.